The Hall–Kier alpha value is -1.24. The van der Waals surface area contributed by atoms with E-state index in [1.807, 2.05) is 18.2 Å². The summed E-state index contributed by atoms with van der Waals surface area (Å²) in [5.41, 5.74) is 1.27. The van der Waals surface area contributed by atoms with Crippen molar-refractivity contribution in [2.75, 3.05) is 26.2 Å². The van der Waals surface area contributed by atoms with Crippen LogP contribution in [-0.2, 0) is 0 Å². The molecular weight excluding hydrogens is 377 g/mol. The molecule has 1 aromatic rings. The molecule has 0 fully saturated rings. The van der Waals surface area contributed by atoms with Crippen molar-refractivity contribution in [3.8, 4) is 5.75 Å². The molecule has 1 aliphatic heterocycles. The highest BCUT2D eigenvalue weighted by molar-refractivity contribution is 14.0. The molecule has 21 heavy (non-hydrogen) atoms. The van der Waals surface area contributed by atoms with Crippen LogP contribution in [0.25, 0.3) is 0 Å². The average molecular weight is 401 g/mol. The summed E-state index contributed by atoms with van der Waals surface area (Å²) in [4.78, 5) is 4.66. The number of halogens is 1. The van der Waals surface area contributed by atoms with Gasteiger partial charge in [0.1, 0.15) is 5.75 Å². The van der Waals surface area contributed by atoms with E-state index in [4.69, 9.17) is 4.74 Å². The van der Waals surface area contributed by atoms with Gasteiger partial charge < -0.3 is 15.4 Å². The minimum atomic E-state index is 0. The summed E-state index contributed by atoms with van der Waals surface area (Å²) in [5.74, 6) is 2.28. The van der Waals surface area contributed by atoms with Crippen LogP contribution < -0.4 is 15.4 Å². The Morgan fingerprint density at radius 2 is 2.24 bits per heavy atom. The van der Waals surface area contributed by atoms with Crippen molar-refractivity contribution in [1.29, 1.82) is 0 Å². The van der Waals surface area contributed by atoms with Crippen LogP contribution >= 0.6 is 24.0 Å². The number of aliphatic imine (C=N–C) groups is 1. The van der Waals surface area contributed by atoms with Crippen LogP contribution in [0.3, 0.4) is 0 Å². The average Bonchev–Trinajstić information content (AvgIpc) is 2.50. The zero-order chi connectivity index (χ0) is 14.2. The second-order valence-corrected chi connectivity index (χ2v) is 4.76. The molecule has 0 aliphatic carbocycles. The van der Waals surface area contributed by atoms with Gasteiger partial charge in [0.15, 0.2) is 5.96 Å². The maximum absolute atomic E-state index is 5.68. The predicted molar refractivity (Wildman–Crippen MR) is 98.9 cm³/mol. The maximum Gasteiger partial charge on any atom is 0.191 e. The third-order valence-corrected chi connectivity index (χ3v) is 3.31. The molecule has 1 aliphatic rings. The number of hydrogen-bond acceptors (Lipinski definition) is 2. The molecule has 1 heterocycles. The number of rotatable bonds is 5. The maximum atomic E-state index is 5.68. The van der Waals surface area contributed by atoms with Gasteiger partial charge in [0.05, 0.1) is 6.61 Å². The SMILES string of the molecule is C=CCNC(=NCC1CCOc2ccccc21)NCC.I. The van der Waals surface area contributed by atoms with Crippen LogP contribution in [0.4, 0.5) is 0 Å². The van der Waals surface area contributed by atoms with Gasteiger partial charge >= 0.3 is 0 Å². The third kappa shape index (κ3) is 5.22. The summed E-state index contributed by atoms with van der Waals surface area (Å²) in [5, 5.41) is 6.46. The number of benzene rings is 1. The molecule has 2 rings (SSSR count). The van der Waals surface area contributed by atoms with Crippen molar-refractivity contribution in [3.05, 3.63) is 42.5 Å². The lowest BCUT2D eigenvalue weighted by atomic mass is 9.93. The first-order chi connectivity index (χ1) is 9.85. The van der Waals surface area contributed by atoms with Gasteiger partial charge in [-0.3, -0.25) is 4.99 Å². The zero-order valence-electron chi connectivity index (χ0n) is 12.5. The van der Waals surface area contributed by atoms with Gasteiger partial charge in [0, 0.05) is 25.6 Å². The summed E-state index contributed by atoms with van der Waals surface area (Å²) in [6.45, 7) is 8.89. The number of ether oxygens (including phenoxy) is 1. The molecular formula is C16H24IN3O. The van der Waals surface area contributed by atoms with Crippen LogP contribution in [0.5, 0.6) is 5.75 Å². The Bertz CT molecular complexity index is 476. The highest BCUT2D eigenvalue weighted by atomic mass is 127. The Balaban J connectivity index is 0.00000220. The molecule has 0 saturated carbocycles. The smallest absolute Gasteiger partial charge is 0.191 e. The van der Waals surface area contributed by atoms with Gasteiger partial charge in [-0.1, -0.05) is 24.3 Å². The molecule has 5 heteroatoms. The molecule has 4 nitrogen and oxygen atoms in total. The molecule has 0 amide bonds. The van der Waals surface area contributed by atoms with Crippen molar-refractivity contribution in [3.63, 3.8) is 0 Å². The summed E-state index contributed by atoms with van der Waals surface area (Å²) in [7, 11) is 0. The van der Waals surface area contributed by atoms with E-state index >= 15 is 0 Å². The van der Waals surface area contributed by atoms with Gasteiger partial charge in [0.2, 0.25) is 0 Å². The van der Waals surface area contributed by atoms with Gasteiger partial charge in [-0.15, -0.1) is 30.6 Å². The fraction of sp³-hybridized carbons (Fsp3) is 0.438. The number of fused-ring (bicyclic) bond motifs is 1. The van der Waals surface area contributed by atoms with E-state index in [1.165, 1.54) is 5.56 Å². The van der Waals surface area contributed by atoms with Gasteiger partial charge in [-0.25, -0.2) is 0 Å². The summed E-state index contributed by atoms with van der Waals surface area (Å²) in [6, 6.07) is 8.25. The molecule has 1 atom stereocenters. The first-order valence-electron chi connectivity index (χ1n) is 7.20. The lowest BCUT2D eigenvalue weighted by molar-refractivity contribution is 0.269. The molecule has 1 unspecified atom stereocenters. The fourth-order valence-corrected chi connectivity index (χ4v) is 2.32. The lowest BCUT2D eigenvalue weighted by Crippen LogP contribution is -2.37. The molecule has 1 aromatic carbocycles. The topological polar surface area (TPSA) is 45.7 Å². The molecule has 0 radical (unpaired) electrons. The van der Waals surface area contributed by atoms with Gasteiger partial charge in [-0.2, -0.15) is 0 Å². The van der Waals surface area contributed by atoms with Crippen LogP contribution in [0, 0.1) is 0 Å². The zero-order valence-corrected chi connectivity index (χ0v) is 14.8. The normalized spacial score (nSPS) is 17.0. The fourth-order valence-electron chi connectivity index (χ4n) is 2.32. The highest BCUT2D eigenvalue weighted by Gasteiger charge is 2.20. The van der Waals surface area contributed by atoms with Crippen LogP contribution in [0.1, 0.15) is 24.8 Å². The first kappa shape index (κ1) is 17.8. The molecule has 116 valence electrons. The summed E-state index contributed by atoms with van der Waals surface area (Å²) >= 11 is 0. The second kappa shape index (κ2) is 9.65. The molecule has 2 N–H and O–H groups in total. The highest BCUT2D eigenvalue weighted by Crippen LogP contribution is 2.33. The summed E-state index contributed by atoms with van der Waals surface area (Å²) < 4.78 is 5.68. The number of hydrogen-bond donors (Lipinski definition) is 2. The van der Waals surface area contributed by atoms with Crippen LogP contribution in [-0.4, -0.2) is 32.2 Å². The Morgan fingerprint density at radius 3 is 3.00 bits per heavy atom. The van der Waals surface area contributed by atoms with Gasteiger partial charge in [0.25, 0.3) is 0 Å². The first-order valence-corrected chi connectivity index (χ1v) is 7.20. The van der Waals surface area contributed by atoms with E-state index in [1.54, 1.807) is 0 Å². The van der Waals surface area contributed by atoms with E-state index < -0.39 is 0 Å². The largest absolute Gasteiger partial charge is 0.493 e. The quantitative estimate of drug-likeness (QED) is 0.345. The third-order valence-electron chi connectivity index (χ3n) is 3.31. The minimum Gasteiger partial charge on any atom is -0.493 e. The van der Waals surface area contributed by atoms with Crippen molar-refractivity contribution < 1.29 is 4.74 Å². The van der Waals surface area contributed by atoms with Crippen molar-refractivity contribution in [1.82, 2.24) is 10.6 Å². The molecule has 0 saturated heterocycles. The van der Waals surface area contributed by atoms with Gasteiger partial charge in [-0.05, 0) is 25.0 Å². The van der Waals surface area contributed by atoms with Crippen LogP contribution in [0.2, 0.25) is 0 Å². The lowest BCUT2D eigenvalue weighted by Gasteiger charge is -2.24. The van der Waals surface area contributed by atoms with Crippen molar-refractivity contribution >= 4 is 29.9 Å². The molecule has 0 aromatic heterocycles. The van der Waals surface area contributed by atoms with Crippen LogP contribution in [0.15, 0.2) is 41.9 Å². The van der Waals surface area contributed by atoms with Crippen molar-refractivity contribution in [2.24, 2.45) is 4.99 Å². The second-order valence-electron chi connectivity index (χ2n) is 4.76. The Kier molecular flexibility index (Phi) is 8.19. The number of para-hydroxylation sites is 1. The number of nitrogens with zero attached hydrogens (tertiary/aromatic N) is 1. The minimum absolute atomic E-state index is 0. The predicted octanol–water partition coefficient (Wildman–Crippen LogP) is 2.91. The number of nitrogens with one attached hydrogen (secondary N) is 2. The number of guanidine groups is 1. The van der Waals surface area contributed by atoms with E-state index in [-0.39, 0.29) is 24.0 Å². The van der Waals surface area contributed by atoms with E-state index in [0.717, 1.165) is 44.4 Å². The Morgan fingerprint density at radius 1 is 1.43 bits per heavy atom. The summed E-state index contributed by atoms with van der Waals surface area (Å²) in [6.07, 6.45) is 2.85. The molecule has 0 bridgehead atoms. The van der Waals surface area contributed by atoms with E-state index in [0.29, 0.717) is 5.92 Å². The van der Waals surface area contributed by atoms with E-state index in [9.17, 15) is 0 Å². The van der Waals surface area contributed by atoms with Crippen molar-refractivity contribution in [2.45, 2.75) is 19.3 Å². The standard InChI is InChI=1S/C16H23N3O.HI/c1-3-10-18-16(17-4-2)19-12-13-9-11-20-15-8-6-5-7-14(13)15;/h3,5-8,13H,1,4,9-12H2,2H3,(H2,17,18,19);1H. The molecule has 0 spiro atoms. The Labute approximate surface area is 144 Å². The monoisotopic (exact) mass is 401 g/mol. The van der Waals surface area contributed by atoms with E-state index in [2.05, 4.69) is 41.3 Å².